The molecule has 7 rings (SSSR count). The molecule has 3 heterocycles. The maximum atomic E-state index is 13.6. The third-order valence-corrected chi connectivity index (χ3v) is 14.3. The number of ether oxygens (including phenoxy) is 3. The number of rotatable bonds is 2. The van der Waals surface area contributed by atoms with Gasteiger partial charge in [0.2, 0.25) is 10.0 Å². The topological polar surface area (TPSA) is 140 Å². The molecule has 1 saturated carbocycles. The summed E-state index contributed by atoms with van der Waals surface area (Å²) in [5.74, 6) is 0.254. The maximum Gasteiger partial charge on any atom is 0.264 e. The average molecular weight is 728 g/mol. The lowest BCUT2D eigenvalue weighted by molar-refractivity contribution is -0.254. The second-order valence-electron chi connectivity index (χ2n) is 15.9. The fraction of sp³-hybridized carbons (Fsp3) is 0.605. The number of sulfonamides is 1. The summed E-state index contributed by atoms with van der Waals surface area (Å²) in [6.07, 6.45) is 6.31. The summed E-state index contributed by atoms with van der Waals surface area (Å²) in [6, 6.07) is 11.4. The highest BCUT2D eigenvalue weighted by Gasteiger charge is 2.52. The number of fused-ring (bicyclic) bond motifs is 4. The first-order valence-corrected chi connectivity index (χ1v) is 19.8. The zero-order valence-electron chi connectivity index (χ0n) is 29.1. The minimum atomic E-state index is -4.05. The monoisotopic (exact) mass is 727 g/mol. The minimum absolute atomic E-state index is 0.0184. The molecule has 2 bridgehead atoms. The summed E-state index contributed by atoms with van der Waals surface area (Å²) in [4.78, 5) is 16.0. The van der Waals surface area contributed by atoms with Crippen molar-refractivity contribution in [3.63, 3.8) is 0 Å². The summed E-state index contributed by atoms with van der Waals surface area (Å²) in [5, 5.41) is 9.62. The number of aryl methyl sites for hydroxylation is 1. The molecule has 2 aliphatic carbocycles. The minimum Gasteiger partial charge on any atom is -0.490 e. The van der Waals surface area contributed by atoms with Crippen molar-refractivity contribution in [2.45, 2.75) is 87.7 Å². The van der Waals surface area contributed by atoms with Gasteiger partial charge in [0.15, 0.2) is 6.29 Å². The van der Waals surface area contributed by atoms with Crippen molar-refractivity contribution in [1.29, 1.82) is 0 Å². The predicted octanol–water partition coefficient (Wildman–Crippen LogP) is 5.10. The quantitative estimate of drug-likeness (QED) is 0.361. The van der Waals surface area contributed by atoms with Crippen molar-refractivity contribution in [3.8, 4) is 5.75 Å². The smallest absolute Gasteiger partial charge is 0.264 e. The van der Waals surface area contributed by atoms with Crippen LogP contribution in [0.5, 0.6) is 5.75 Å². The molecule has 12 heteroatoms. The number of nitrogens with two attached hydrogens (primary N) is 1. The first kappa shape index (κ1) is 35.7. The number of aliphatic hydroxyl groups excluding tert-OH is 1. The molecule has 1 spiro atoms. The molecule has 1 saturated heterocycles. The van der Waals surface area contributed by atoms with Crippen LogP contribution >= 0.6 is 11.6 Å². The van der Waals surface area contributed by atoms with Crippen LogP contribution in [0.1, 0.15) is 80.3 Å². The zero-order valence-corrected chi connectivity index (χ0v) is 30.7. The Labute approximate surface area is 300 Å². The van der Waals surface area contributed by atoms with Gasteiger partial charge in [-0.15, -0.1) is 0 Å². The molecule has 5 aliphatic rings. The highest BCUT2D eigenvalue weighted by Crippen LogP contribution is 2.55. The Hall–Kier alpha value is -2.67. The van der Waals surface area contributed by atoms with Gasteiger partial charge >= 0.3 is 0 Å². The molecular formula is C38H50ClN3O7S. The molecule has 2 aromatic carbocycles. The predicted molar refractivity (Wildman–Crippen MR) is 193 cm³/mol. The third-order valence-electron chi connectivity index (χ3n) is 12.3. The number of amides is 1. The number of hydrogen-bond donors (Lipinski definition) is 3. The zero-order chi connectivity index (χ0) is 35.5. The number of hydrogen-bond acceptors (Lipinski definition) is 9. The van der Waals surface area contributed by atoms with Crippen molar-refractivity contribution in [2.75, 3.05) is 44.4 Å². The molecule has 0 radical (unpaired) electrons. The van der Waals surface area contributed by atoms with Gasteiger partial charge < -0.3 is 30.0 Å². The maximum absolute atomic E-state index is 13.6. The van der Waals surface area contributed by atoms with E-state index in [1.54, 1.807) is 25.1 Å². The van der Waals surface area contributed by atoms with Crippen molar-refractivity contribution in [2.24, 2.45) is 23.0 Å². The lowest BCUT2D eigenvalue weighted by atomic mass is 9.55. The van der Waals surface area contributed by atoms with Crippen LogP contribution < -0.4 is 20.1 Å². The Bertz CT molecular complexity index is 1760. The van der Waals surface area contributed by atoms with Crippen LogP contribution in [0.2, 0.25) is 5.02 Å². The van der Waals surface area contributed by atoms with E-state index >= 15 is 0 Å². The Balaban J connectivity index is 1.30. The van der Waals surface area contributed by atoms with Crippen molar-refractivity contribution in [3.05, 3.63) is 70.3 Å². The van der Waals surface area contributed by atoms with Gasteiger partial charge in [0.1, 0.15) is 5.75 Å². The lowest BCUT2D eigenvalue weighted by Gasteiger charge is -2.55. The average Bonchev–Trinajstić information content (AvgIpc) is 3.23. The molecule has 1 unspecified atom stereocenters. The van der Waals surface area contributed by atoms with Gasteiger partial charge in [0, 0.05) is 35.0 Å². The molecule has 272 valence electrons. The summed E-state index contributed by atoms with van der Waals surface area (Å²) < 4.78 is 48.4. The Morgan fingerprint density at radius 2 is 1.84 bits per heavy atom. The fourth-order valence-electron chi connectivity index (χ4n) is 9.12. The molecule has 10 nitrogen and oxygen atoms in total. The molecule has 50 heavy (non-hydrogen) atoms. The van der Waals surface area contributed by atoms with E-state index in [2.05, 4.69) is 35.3 Å². The Kier molecular flexibility index (Phi) is 9.56. The molecule has 3 aliphatic heterocycles. The van der Waals surface area contributed by atoms with E-state index in [0.29, 0.717) is 43.9 Å². The first-order chi connectivity index (χ1) is 23.7. The summed E-state index contributed by atoms with van der Waals surface area (Å²) >= 11 is 6.47. The van der Waals surface area contributed by atoms with Crippen LogP contribution in [0.25, 0.3) is 0 Å². The second kappa shape index (κ2) is 13.4. The summed E-state index contributed by atoms with van der Waals surface area (Å²) in [7, 11) is -4.05. The molecule has 4 N–H and O–H groups in total. The van der Waals surface area contributed by atoms with E-state index in [4.69, 9.17) is 31.5 Å². The van der Waals surface area contributed by atoms with Crippen LogP contribution in [0.4, 0.5) is 5.69 Å². The summed E-state index contributed by atoms with van der Waals surface area (Å²) in [5.41, 5.74) is 8.99. The van der Waals surface area contributed by atoms with Crippen LogP contribution in [-0.2, 0) is 31.3 Å². The largest absolute Gasteiger partial charge is 0.490 e. The normalized spacial score (nSPS) is 35.9. The van der Waals surface area contributed by atoms with Crippen molar-refractivity contribution >= 4 is 33.2 Å². The van der Waals surface area contributed by atoms with E-state index in [1.807, 2.05) is 6.07 Å². The number of carbonyl (C=O) groups is 1. The molecule has 2 aromatic rings. The van der Waals surface area contributed by atoms with E-state index in [9.17, 15) is 18.3 Å². The Morgan fingerprint density at radius 3 is 2.56 bits per heavy atom. The number of nitrogens with zero attached hydrogens (tertiary/aromatic N) is 1. The van der Waals surface area contributed by atoms with Gasteiger partial charge in [-0.05, 0) is 111 Å². The van der Waals surface area contributed by atoms with Gasteiger partial charge in [0.05, 0.1) is 42.9 Å². The number of halogens is 1. The SMILES string of the molecule is C=C1CCC[C@@H](C2OCC(N)(CO)CO2)[C@@H]2CCC2(C)CN2C[C@@]3(CCCc4cc(Cl)ccc43)COc3ccc(cc32)C(=O)NS(=O)(=O)[C@@H]1C. The molecule has 5 atom stereocenters. The second-order valence-corrected chi connectivity index (χ2v) is 18.3. The molecule has 2 fully saturated rings. The Morgan fingerprint density at radius 1 is 1.06 bits per heavy atom. The van der Waals surface area contributed by atoms with E-state index in [1.165, 1.54) is 11.1 Å². The molecular weight excluding hydrogens is 678 g/mol. The van der Waals surface area contributed by atoms with Gasteiger partial charge in [-0.2, -0.15) is 0 Å². The van der Waals surface area contributed by atoms with Gasteiger partial charge in [0.25, 0.3) is 5.91 Å². The fourth-order valence-corrected chi connectivity index (χ4v) is 10.4. The van der Waals surface area contributed by atoms with Gasteiger partial charge in [-0.3, -0.25) is 4.79 Å². The van der Waals surface area contributed by atoms with Crippen LogP contribution in [0, 0.1) is 17.3 Å². The third kappa shape index (κ3) is 6.58. The van der Waals surface area contributed by atoms with Crippen molar-refractivity contribution in [1.82, 2.24) is 4.72 Å². The van der Waals surface area contributed by atoms with Crippen LogP contribution in [0.15, 0.2) is 48.6 Å². The number of nitrogens with one attached hydrogen (secondary N) is 1. The van der Waals surface area contributed by atoms with Crippen LogP contribution in [0.3, 0.4) is 0 Å². The number of anilines is 1. The highest BCUT2D eigenvalue weighted by atomic mass is 35.5. The van der Waals surface area contributed by atoms with E-state index in [0.717, 1.165) is 49.2 Å². The summed E-state index contributed by atoms with van der Waals surface area (Å²) in [6.45, 7) is 10.0. The lowest BCUT2D eigenvalue weighted by Crippen LogP contribution is -2.60. The molecule has 1 amide bonds. The van der Waals surface area contributed by atoms with Gasteiger partial charge in [-0.1, -0.05) is 36.7 Å². The highest BCUT2D eigenvalue weighted by molar-refractivity contribution is 7.90. The van der Waals surface area contributed by atoms with E-state index < -0.39 is 33.0 Å². The van der Waals surface area contributed by atoms with Gasteiger partial charge in [-0.25, -0.2) is 13.1 Å². The van der Waals surface area contributed by atoms with E-state index in [-0.39, 0.29) is 48.0 Å². The first-order valence-electron chi connectivity index (χ1n) is 17.9. The van der Waals surface area contributed by atoms with Crippen molar-refractivity contribution < 1.29 is 32.5 Å². The molecule has 0 aromatic heterocycles. The van der Waals surface area contributed by atoms with Crippen LogP contribution in [-0.4, -0.2) is 76.0 Å². The number of carbonyl (C=O) groups excluding carboxylic acids is 1. The number of aliphatic hydroxyl groups is 1. The standard InChI is InChI=1S/C38H50ClN3O7S/c1-24-6-4-8-29(35-48-22-38(40,20-43)23-49-35)31-13-15-36(31,3)18-42-19-37(14-5-7-26-16-28(39)10-11-30(26)37)21-47-33-12-9-27(17-32(33)42)34(44)41-50(45,46)25(24)2/h9-12,16-17,25,29,31,35,43H,1,4-8,13-15,18-23,40H2,2-3H3,(H,41,44)/t25-,29-,31+,35?,36?,37+,38?/m1/s1. The number of benzene rings is 2.